The average molecular weight is 332 g/mol. The van der Waals surface area contributed by atoms with Crippen molar-refractivity contribution in [3.63, 3.8) is 0 Å². The zero-order valence-electron chi connectivity index (χ0n) is 13.7. The number of carbonyl (C=O) groups is 1. The van der Waals surface area contributed by atoms with Crippen molar-refractivity contribution < 1.29 is 9.53 Å². The highest BCUT2D eigenvalue weighted by atomic mass is 35.5. The largest absolute Gasteiger partial charge is 0.490 e. The van der Waals surface area contributed by atoms with Crippen molar-refractivity contribution in [2.24, 2.45) is 0 Å². The van der Waals surface area contributed by atoms with Crippen LogP contribution >= 0.6 is 11.6 Å². The molecule has 122 valence electrons. The summed E-state index contributed by atoms with van der Waals surface area (Å²) in [5.41, 5.74) is 2.88. The second-order valence-corrected chi connectivity index (χ2v) is 6.08. The normalized spacial score (nSPS) is 11.8. The lowest BCUT2D eigenvalue weighted by molar-refractivity contribution is -0.116. The Balaban J connectivity index is 1.84. The van der Waals surface area contributed by atoms with Gasteiger partial charge in [-0.25, -0.2) is 0 Å². The molecule has 23 heavy (non-hydrogen) atoms. The molecule has 0 saturated carbocycles. The number of halogens is 1. The SMILES string of the molecule is Cc1c(Cl)ccc(OC(C)CCC(=O)Nc2ccccc2)c1C. The third kappa shape index (κ3) is 5.00. The van der Waals surface area contributed by atoms with E-state index in [1.807, 2.05) is 63.2 Å². The van der Waals surface area contributed by atoms with Gasteiger partial charge in [0.15, 0.2) is 0 Å². The van der Waals surface area contributed by atoms with E-state index in [0.717, 1.165) is 27.6 Å². The first-order valence-electron chi connectivity index (χ1n) is 7.74. The molecular formula is C19H22ClNO2. The first-order valence-corrected chi connectivity index (χ1v) is 8.12. The van der Waals surface area contributed by atoms with Crippen LogP contribution in [0.1, 0.15) is 30.9 Å². The van der Waals surface area contributed by atoms with Crippen molar-refractivity contribution >= 4 is 23.2 Å². The summed E-state index contributed by atoms with van der Waals surface area (Å²) >= 11 is 6.09. The minimum atomic E-state index is -0.0456. The number of hydrogen-bond acceptors (Lipinski definition) is 2. The van der Waals surface area contributed by atoms with Gasteiger partial charge in [-0.05, 0) is 62.6 Å². The number of nitrogens with one attached hydrogen (secondary N) is 1. The molecule has 0 bridgehead atoms. The molecule has 0 aromatic heterocycles. The third-order valence-corrected chi connectivity index (χ3v) is 4.24. The topological polar surface area (TPSA) is 38.3 Å². The van der Waals surface area contributed by atoms with Gasteiger partial charge in [0.1, 0.15) is 5.75 Å². The van der Waals surface area contributed by atoms with Crippen LogP contribution in [-0.2, 0) is 4.79 Å². The molecule has 0 fully saturated rings. The minimum absolute atomic E-state index is 0.00402. The van der Waals surface area contributed by atoms with E-state index in [0.29, 0.717) is 12.8 Å². The Bertz CT molecular complexity index is 671. The molecule has 2 aromatic carbocycles. The second-order valence-electron chi connectivity index (χ2n) is 5.68. The number of hydrogen-bond donors (Lipinski definition) is 1. The van der Waals surface area contributed by atoms with Gasteiger partial charge in [0.25, 0.3) is 0 Å². The van der Waals surface area contributed by atoms with Crippen molar-refractivity contribution in [3.8, 4) is 5.75 Å². The molecule has 1 N–H and O–H groups in total. The predicted molar refractivity (Wildman–Crippen MR) is 95.3 cm³/mol. The van der Waals surface area contributed by atoms with E-state index in [4.69, 9.17) is 16.3 Å². The molecule has 0 aliphatic carbocycles. The molecule has 0 saturated heterocycles. The summed E-state index contributed by atoms with van der Waals surface area (Å²) in [4.78, 5) is 12.0. The Labute approximate surface area is 142 Å². The Morgan fingerprint density at radius 2 is 1.83 bits per heavy atom. The maximum absolute atomic E-state index is 12.0. The predicted octanol–water partition coefficient (Wildman–Crippen LogP) is 5.14. The summed E-state index contributed by atoms with van der Waals surface area (Å²) in [5.74, 6) is 0.818. The van der Waals surface area contributed by atoms with Crippen LogP contribution in [0.3, 0.4) is 0 Å². The van der Waals surface area contributed by atoms with E-state index >= 15 is 0 Å². The molecule has 2 rings (SSSR count). The average Bonchev–Trinajstić information content (AvgIpc) is 2.54. The molecule has 3 nitrogen and oxygen atoms in total. The van der Waals surface area contributed by atoms with Crippen LogP contribution in [0.5, 0.6) is 5.75 Å². The van der Waals surface area contributed by atoms with Gasteiger partial charge in [-0.3, -0.25) is 4.79 Å². The van der Waals surface area contributed by atoms with E-state index in [1.165, 1.54) is 0 Å². The van der Waals surface area contributed by atoms with Crippen LogP contribution in [0, 0.1) is 13.8 Å². The maximum atomic E-state index is 12.0. The van der Waals surface area contributed by atoms with Crippen molar-refractivity contribution in [1.82, 2.24) is 0 Å². The molecule has 4 heteroatoms. The third-order valence-electron chi connectivity index (χ3n) is 3.84. The first kappa shape index (κ1) is 17.4. The van der Waals surface area contributed by atoms with Gasteiger partial charge in [0, 0.05) is 17.1 Å². The van der Waals surface area contributed by atoms with Gasteiger partial charge in [-0.1, -0.05) is 29.8 Å². The Morgan fingerprint density at radius 1 is 1.13 bits per heavy atom. The molecule has 1 atom stereocenters. The van der Waals surface area contributed by atoms with Crippen molar-refractivity contribution in [2.75, 3.05) is 5.32 Å². The van der Waals surface area contributed by atoms with E-state index < -0.39 is 0 Å². The zero-order chi connectivity index (χ0) is 16.8. The number of benzene rings is 2. The highest BCUT2D eigenvalue weighted by molar-refractivity contribution is 6.31. The van der Waals surface area contributed by atoms with Crippen LogP contribution < -0.4 is 10.1 Å². The number of ether oxygens (including phenoxy) is 1. The van der Waals surface area contributed by atoms with Gasteiger partial charge in [-0.2, -0.15) is 0 Å². The number of para-hydroxylation sites is 1. The Kier molecular flexibility index (Phi) is 6.05. The molecular weight excluding hydrogens is 310 g/mol. The number of carbonyl (C=O) groups excluding carboxylic acids is 1. The molecule has 0 heterocycles. The molecule has 0 aliphatic rings. The summed E-state index contributed by atoms with van der Waals surface area (Å²) in [6, 6.07) is 13.2. The molecule has 2 aromatic rings. The second kappa shape index (κ2) is 8.02. The summed E-state index contributed by atoms with van der Waals surface area (Å²) in [7, 11) is 0. The fourth-order valence-corrected chi connectivity index (χ4v) is 2.45. The summed E-state index contributed by atoms with van der Waals surface area (Å²) in [5, 5.41) is 3.62. The molecule has 0 radical (unpaired) electrons. The van der Waals surface area contributed by atoms with E-state index in [2.05, 4.69) is 5.32 Å². The van der Waals surface area contributed by atoms with Gasteiger partial charge in [0.05, 0.1) is 6.10 Å². The monoisotopic (exact) mass is 331 g/mol. The van der Waals surface area contributed by atoms with Crippen LogP contribution in [0.25, 0.3) is 0 Å². The van der Waals surface area contributed by atoms with Crippen LogP contribution in [0.4, 0.5) is 5.69 Å². The molecule has 0 spiro atoms. The van der Waals surface area contributed by atoms with Crippen molar-refractivity contribution in [3.05, 3.63) is 58.6 Å². The van der Waals surface area contributed by atoms with E-state index in [-0.39, 0.29) is 12.0 Å². The minimum Gasteiger partial charge on any atom is -0.490 e. The molecule has 1 amide bonds. The Morgan fingerprint density at radius 3 is 2.52 bits per heavy atom. The highest BCUT2D eigenvalue weighted by Crippen LogP contribution is 2.28. The van der Waals surface area contributed by atoms with Gasteiger partial charge < -0.3 is 10.1 Å². The first-order chi connectivity index (χ1) is 11.0. The van der Waals surface area contributed by atoms with Crippen molar-refractivity contribution in [1.29, 1.82) is 0 Å². The fraction of sp³-hybridized carbons (Fsp3) is 0.316. The zero-order valence-corrected chi connectivity index (χ0v) is 14.5. The number of anilines is 1. The summed E-state index contributed by atoms with van der Waals surface area (Å²) < 4.78 is 5.94. The van der Waals surface area contributed by atoms with Gasteiger partial charge in [0.2, 0.25) is 5.91 Å². The fourth-order valence-electron chi connectivity index (χ4n) is 2.25. The lowest BCUT2D eigenvalue weighted by atomic mass is 10.1. The van der Waals surface area contributed by atoms with E-state index in [1.54, 1.807) is 0 Å². The number of amides is 1. The van der Waals surface area contributed by atoms with Crippen LogP contribution in [-0.4, -0.2) is 12.0 Å². The van der Waals surface area contributed by atoms with E-state index in [9.17, 15) is 4.79 Å². The van der Waals surface area contributed by atoms with Gasteiger partial charge >= 0.3 is 0 Å². The number of rotatable bonds is 6. The summed E-state index contributed by atoms with van der Waals surface area (Å²) in [6.45, 7) is 5.94. The molecule has 1 unspecified atom stereocenters. The van der Waals surface area contributed by atoms with Crippen LogP contribution in [0.2, 0.25) is 5.02 Å². The summed E-state index contributed by atoms with van der Waals surface area (Å²) in [6.07, 6.45) is 1.03. The van der Waals surface area contributed by atoms with Crippen LogP contribution in [0.15, 0.2) is 42.5 Å². The standard InChI is InChI=1S/C19H22ClNO2/c1-13(23-18-11-10-17(20)14(2)15(18)3)9-12-19(22)21-16-7-5-4-6-8-16/h4-8,10-11,13H,9,12H2,1-3H3,(H,21,22). The molecule has 0 aliphatic heterocycles. The lowest BCUT2D eigenvalue weighted by Crippen LogP contribution is -2.18. The van der Waals surface area contributed by atoms with Gasteiger partial charge in [-0.15, -0.1) is 0 Å². The Hall–Kier alpha value is -2.00. The lowest BCUT2D eigenvalue weighted by Gasteiger charge is -2.18. The highest BCUT2D eigenvalue weighted by Gasteiger charge is 2.12. The quantitative estimate of drug-likeness (QED) is 0.795. The smallest absolute Gasteiger partial charge is 0.224 e. The van der Waals surface area contributed by atoms with Crippen molar-refractivity contribution in [2.45, 2.75) is 39.7 Å². The maximum Gasteiger partial charge on any atom is 0.224 e.